The summed E-state index contributed by atoms with van der Waals surface area (Å²) in [4.78, 5) is 20.6. The molecular formula is C22H16F2N4O. The molecule has 0 saturated carbocycles. The molecule has 0 aliphatic carbocycles. The third-order valence-corrected chi connectivity index (χ3v) is 4.33. The van der Waals surface area contributed by atoms with Crippen LogP contribution >= 0.6 is 0 Å². The maximum Gasteiger partial charge on any atom is 0.255 e. The van der Waals surface area contributed by atoms with Crippen molar-refractivity contribution >= 4 is 28.3 Å². The molecule has 0 bridgehead atoms. The quantitative estimate of drug-likeness (QED) is 0.515. The van der Waals surface area contributed by atoms with Gasteiger partial charge in [0.1, 0.15) is 23.8 Å². The summed E-state index contributed by atoms with van der Waals surface area (Å²) < 4.78 is 26.9. The topological polar surface area (TPSA) is 66.9 Å². The first-order chi connectivity index (χ1) is 14.1. The second-order valence-electron chi connectivity index (χ2n) is 6.40. The van der Waals surface area contributed by atoms with Crippen molar-refractivity contribution in [2.45, 2.75) is 6.54 Å². The third-order valence-electron chi connectivity index (χ3n) is 4.33. The number of halogens is 2. The van der Waals surface area contributed by atoms with Crippen LogP contribution in [0.2, 0.25) is 0 Å². The van der Waals surface area contributed by atoms with Gasteiger partial charge in [0, 0.05) is 23.2 Å². The van der Waals surface area contributed by atoms with Gasteiger partial charge < -0.3 is 10.6 Å². The molecule has 2 N–H and O–H groups in total. The van der Waals surface area contributed by atoms with Crippen molar-refractivity contribution in [1.82, 2.24) is 9.97 Å². The average Bonchev–Trinajstić information content (AvgIpc) is 2.72. The number of nitrogens with one attached hydrogen (secondary N) is 2. The average molecular weight is 390 g/mol. The van der Waals surface area contributed by atoms with E-state index in [4.69, 9.17) is 0 Å². The van der Waals surface area contributed by atoms with Gasteiger partial charge in [0.15, 0.2) is 0 Å². The van der Waals surface area contributed by atoms with Crippen LogP contribution in [0.25, 0.3) is 10.9 Å². The van der Waals surface area contributed by atoms with E-state index in [2.05, 4.69) is 20.6 Å². The summed E-state index contributed by atoms with van der Waals surface area (Å²) in [6, 6.07) is 17.1. The number of rotatable bonds is 5. The monoisotopic (exact) mass is 390 g/mol. The van der Waals surface area contributed by atoms with E-state index in [-0.39, 0.29) is 11.4 Å². The van der Waals surface area contributed by atoms with Gasteiger partial charge in [0.2, 0.25) is 0 Å². The number of anilines is 2. The molecule has 0 fully saturated rings. The van der Waals surface area contributed by atoms with Gasteiger partial charge in [-0.15, -0.1) is 0 Å². The van der Waals surface area contributed by atoms with E-state index >= 15 is 0 Å². The van der Waals surface area contributed by atoms with E-state index < -0.39 is 11.7 Å². The highest BCUT2D eigenvalue weighted by Gasteiger charge is 2.08. The Labute approximate surface area is 165 Å². The minimum atomic E-state index is -0.468. The van der Waals surface area contributed by atoms with E-state index in [1.807, 2.05) is 6.07 Å². The van der Waals surface area contributed by atoms with E-state index in [0.29, 0.717) is 29.0 Å². The van der Waals surface area contributed by atoms with Gasteiger partial charge in [-0.1, -0.05) is 18.2 Å². The summed E-state index contributed by atoms with van der Waals surface area (Å²) in [5, 5.41) is 6.51. The molecule has 29 heavy (non-hydrogen) atoms. The number of hydrogen-bond donors (Lipinski definition) is 2. The molecular weight excluding hydrogens is 374 g/mol. The second-order valence-corrected chi connectivity index (χ2v) is 6.40. The van der Waals surface area contributed by atoms with Crippen LogP contribution in [0.15, 0.2) is 73.1 Å². The third kappa shape index (κ3) is 4.35. The molecule has 0 unspecified atom stereocenters. The molecule has 1 amide bonds. The summed E-state index contributed by atoms with van der Waals surface area (Å²) in [5.41, 5.74) is 2.34. The van der Waals surface area contributed by atoms with Crippen LogP contribution in [-0.4, -0.2) is 15.9 Å². The summed E-state index contributed by atoms with van der Waals surface area (Å²) >= 11 is 0. The molecule has 0 aliphatic heterocycles. The lowest BCUT2D eigenvalue weighted by molar-refractivity contribution is 0.102. The molecule has 4 aromatic rings. The molecule has 0 atom stereocenters. The number of benzene rings is 3. The van der Waals surface area contributed by atoms with Crippen molar-refractivity contribution in [2.24, 2.45) is 0 Å². The molecule has 0 saturated heterocycles. The lowest BCUT2D eigenvalue weighted by Crippen LogP contribution is -2.12. The largest absolute Gasteiger partial charge is 0.365 e. The zero-order chi connectivity index (χ0) is 20.2. The van der Waals surface area contributed by atoms with Crippen molar-refractivity contribution in [2.75, 3.05) is 10.6 Å². The smallest absolute Gasteiger partial charge is 0.255 e. The second kappa shape index (κ2) is 8.02. The number of amides is 1. The standard InChI is InChI=1S/C22H16F2N4O/c23-16-5-2-4-15(10-16)22(29)28-18-6-1-3-14(9-18)12-25-21-19-11-17(24)7-8-20(19)26-13-27-21/h1-11,13H,12H2,(H,28,29)(H,25,26,27). The van der Waals surface area contributed by atoms with Gasteiger partial charge in [0.25, 0.3) is 5.91 Å². The first kappa shape index (κ1) is 18.5. The molecule has 7 heteroatoms. The Kier molecular flexibility index (Phi) is 5.11. The minimum Gasteiger partial charge on any atom is -0.365 e. The van der Waals surface area contributed by atoms with Gasteiger partial charge in [-0.3, -0.25) is 4.79 Å². The summed E-state index contributed by atoms with van der Waals surface area (Å²) in [5.74, 6) is -0.711. The highest BCUT2D eigenvalue weighted by molar-refractivity contribution is 6.04. The van der Waals surface area contributed by atoms with Crippen molar-refractivity contribution < 1.29 is 13.6 Å². The summed E-state index contributed by atoms with van der Waals surface area (Å²) in [7, 11) is 0. The van der Waals surface area contributed by atoms with Gasteiger partial charge in [-0.2, -0.15) is 0 Å². The van der Waals surface area contributed by atoms with Crippen molar-refractivity contribution in [3.05, 3.63) is 95.8 Å². The highest BCUT2D eigenvalue weighted by atomic mass is 19.1. The van der Waals surface area contributed by atoms with E-state index in [1.165, 1.54) is 36.7 Å². The number of carbonyl (C=O) groups is 1. The molecule has 0 radical (unpaired) electrons. The zero-order valence-corrected chi connectivity index (χ0v) is 15.2. The fourth-order valence-electron chi connectivity index (χ4n) is 2.95. The van der Waals surface area contributed by atoms with Gasteiger partial charge in [0.05, 0.1) is 5.52 Å². The van der Waals surface area contributed by atoms with Crippen molar-refractivity contribution in [3.63, 3.8) is 0 Å². The Morgan fingerprint density at radius 2 is 1.72 bits per heavy atom. The fraction of sp³-hybridized carbons (Fsp3) is 0.0455. The van der Waals surface area contributed by atoms with Crippen LogP contribution in [0.5, 0.6) is 0 Å². The molecule has 1 heterocycles. The van der Waals surface area contributed by atoms with Crippen molar-refractivity contribution in [3.8, 4) is 0 Å². The molecule has 1 aromatic heterocycles. The first-order valence-corrected chi connectivity index (χ1v) is 8.88. The molecule has 4 rings (SSSR count). The number of hydrogen-bond acceptors (Lipinski definition) is 4. The zero-order valence-electron chi connectivity index (χ0n) is 15.2. The Morgan fingerprint density at radius 1 is 0.897 bits per heavy atom. The fourth-order valence-corrected chi connectivity index (χ4v) is 2.95. The number of aromatic nitrogens is 2. The van der Waals surface area contributed by atoms with E-state index in [1.54, 1.807) is 30.3 Å². The molecule has 0 spiro atoms. The van der Waals surface area contributed by atoms with Crippen LogP contribution in [0.3, 0.4) is 0 Å². The SMILES string of the molecule is O=C(Nc1cccc(CNc2ncnc3ccc(F)cc23)c1)c1cccc(F)c1. The Balaban J connectivity index is 1.48. The van der Waals surface area contributed by atoms with Gasteiger partial charge in [-0.05, 0) is 54.1 Å². The van der Waals surface area contributed by atoms with Crippen molar-refractivity contribution in [1.29, 1.82) is 0 Å². The summed E-state index contributed by atoms with van der Waals surface area (Å²) in [6.45, 7) is 0.409. The Morgan fingerprint density at radius 3 is 2.59 bits per heavy atom. The van der Waals surface area contributed by atoms with Crippen LogP contribution in [-0.2, 0) is 6.54 Å². The van der Waals surface area contributed by atoms with Crippen LogP contribution in [0, 0.1) is 11.6 Å². The van der Waals surface area contributed by atoms with Crippen LogP contribution in [0.1, 0.15) is 15.9 Å². The molecule has 3 aromatic carbocycles. The Bertz CT molecular complexity index is 1200. The number of nitrogens with zero attached hydrogens (tertiary/aromatic N) is 2. The Hall–Kier alpha value is -3.87. The lowest BCUT2D eigenvalue weighted by Gasteiger charge is -2.10. The van der Waals surface area contributed by atoms with E-state index in [9.17, 15) is 13.6 Å². The maximum atomic E-state index is 13.6. The maximum absolute atomic E-state index is 13.6. The minimum absolute atomic E-state index is 0.239. The molecule has 144 valence electrons. The van der Waals surface area contributed by atoms with E-state index in [0.717, 1.165) is 5.56 Å². The predicted octanol–water partition coefficient (Wildman–Crippen LogP) is 4.77. The normalized spacial score (nSPS) is 10.7. The lowest BCUT2D eigenvalue weighted by atomic mass is 10.1. The molecule has 5 nitrogen and oxygen atoms in total. The first-order valence-electron chi connectivity index (χ1n) is 8.88. The van der Waals surface area contributed by atoms with Gasteiger partial charge >= 0.3 is 0 Å². The number of fused-ring (bicyclic) bond motifs is 1. The highest BCUT2D eigenvalue weighted by Crippen LogP contribution is 2.21. The summed E-state index contributed by atoms with van der Waals surface area (Å²) in [6.07, 6.45) is 1.41. The van der Waals surface area contributed by atoms with Crippen LogP contribution < -0.4 is 10.6 Å². The molecule has 0 aliphatic rings. The number of carbonyl (C=O) groups excluding carboxylic acids is 1. The van der Waals surface area contributed by atoms with Crippen LogP contribution in [0.4, 0.5) is 20.3 Å². The predicted molar refractivity (Wildman–Crippen MR) is 108 cm³/mol. The van der Waals surface area contributed by atoms with Gasteiger partial charge in [-0.25, -0.2) is 18.7 Å².